The van der Waals surface area contributed by atoms with E-state index in [9.17, 15) is 9.59 Å². The van der Waals surface area contributed by atoms with E-state index >= 15 is 0 Å². The normalized spacial score (nSPS) is 21.7. The first kappa shape index (κ1) is 14.0. The molecule has 0 spiro atoms. The second-order valence-corrected chi connectivity index (χ2v) is 4.78. The molecule has 1 saturated heterocycles. The lowest BCUT2D eigenvalue weighted by atomic mass is 9.98. The van der Waals surface area contributed by atoms with Crippen LogP contribution in [0.4, 0.5) is 0 Å². The number of nitrogens with one attached hydrogen (secondary N) is 2. The van der Waals surface area contributed by atoms with E-state index in [1.165, 1.54) is 0 Å². The van der Waals surface area contributed by atoms with Crippen LogP contribution in [0.5, 0.6) is 0 Å². The van der Waals surface area contributed by atoms with Crippen LogP contribution < -0.4 is 10.6 Å². The Kier molecular flexibility index (Phi) is 5.41. The maximum Gasteiger partial charge on any atom is 0.226 e. The van der Waals surface area contributed by atoms with Crippen molar-refractivity contribution in [1.82, 2.24) is 15.5 Å². The van der Waals surface area contributed by atoms with Crippen LogP contribution in [0.2, 0.25) is 0 Å². The van der Waals surface area contributed by atoms with Crippen molar-refractivity contribution in [3.8, 4) is 0 Å². The molecule has 98 valence electrons. The van der Waals surface area contributed by atoms with Crippen molar-refractivity contribution < 1.29 is 9.59 Å². The molecule has 2 N–H and O–H groups in total. The minimum atomic E-state index is -0.162. The number of hydrogen-bond acceptors (Lipinski definition) is 3. The molecule has 0 aromatic heterocycles. The first-order valence-electron chi connectivity index (χ1n) is 6.23. The largest absolute Gasteiger partial charge is 0.359 e. The van der Waals surface area contributed by atoms with Crippen LogP contribution >= 0.6 is 0 Å². The highest BCUT2D eigenvalue weighted by Gasteiger charge is 2.25. The number of rotatable bonds is 4. The third kappa shape index (κ3) is 4.00. The van der Waals surface area contributed by atoms with E-state index in [2.05, 4.69) is 10.6 Å². The first-order valence-corrected chi connectivity index (χ1v) is 6.23. The highest BCUT2D eigenvalue weighted by Crippen LogP contribution is 2.13. The Morgan fingerprint density at radius 1 is 1.53 bits per heavy atom. The van der Waals surface area contributed by atoms with Crippen LogP contribution in [0.1, 0.15) is 19.8 Å². The molecule has 0 bridgehead atoms. The number of hydrogen-bond donors (Lipinski definition) is 2. The molecular weight excluding hydrogens is 218 g/mol. The van der Waals surface area contributed by atoms with Crippen molar-refractivity contribution in [2.75, 3.05) is 33.7 Å². The predicted molar refractivity (Wildman–Crippen MR) is 66.5 cm³/mol. The van der Waals surface area contributed by atoms with Crippen LogP contribution in [0, 0.1) is 11.8 Å². The van der Waals surface area contributed by atoms with E-state index in [-0.39, 0.29) is 23.7 Å². The lowest BCUT2D eigenvalue weighted by Gasteiger charge is -2.28. The van der Waals surface area contributed by atoms with Gasteiger partial charge in [-0.2, -0.15) is 0 Å². The summed E-state index contributed by atoms with van der Waals surface area (Å²) in [4.78, 5) is 25.2. The summed E-state index contributed by atoms with van der Waals surface area (Å²) < 4.78 is 0. The maximum absolute atomic E-state index is 12.1. The molecule has 1 aliphatic rings. The highest BCUT2D eigenvalue weighted by molar-refractivity contribution is 5.81. The molecule has 17 heavy (non-hydrogen) atoms. The maximum atomic E-state index is 12.1. The van der Waals surface area contributed by atoms with Gasteiger partial charge in [0.1, 0.15) is 0 Å². The van der Waals surface area contributed by atoms with Crippen LogP contribution in [-0.2, 0) is 9.59 Å². The summed E-state index contributed by atoms with van der Waals surface area (Å²) in [6.07, 6.45) is 2.00. The minimum absolute atomic E-state index is 0.0218. The van der Waals surface area contributed by atoms with Gasteiger partial charge < -0.3 is 15.5 Å². The van der Waals surface area contributed by atoms with Gasteiger partial charge in [-0.05, 0) is 19.4 Å². The third-order valence-electron chi connectivity index (χ3n) is 3.26. The summed E-state index contributed by atoms with van der Waals surface area (Å²) in [6.45, 7) is 4.08. The molecule has 0 aromatic rings. The number of carbonyl (C=O) groups excluding carboxylic acids is 2. The Morgan fingerprint density at radius 2 is 2.24 bits per heavy atom. The van der Waals surface area contributed by atoms with Gasteiger partial charge in [0.15, 0.2) is 0 Å². The molecule has 1 unspecified atom stereocenters. The van der Waals surface area contributed by atoms with Gasteiger partial charge in [0.2, 0.25) is 11.8 Å². The van der Waals surface area contributed by atoms with Crippen LogP contribution in [0.25, 0.3) is 0 Å². The smallest absolute Gasteiger partial charge is 0.226 e. The molecule has 2 amide bonds. The summed E-state index contributed by atoms with van der Waals surface area (Å²) in [5, 5.41) is 5.83. The van der Waals surface area contributed by atoms with Crippen LogP contribution in [-0.4, -0.2) is 50.4 Å². The van der Waals surface area contributed by atoms with E-state index in [4.69, 9.17) is 0 Å². The van der Waals surface area contributed by atoms with Gasteiger partial charge in [0, 0.05) is 27.2 Å². The van der Waals surface area contributed by atoms with E-state index in [0.29, 0.717) is 6.54 Å². The topological polar surface area (TPSA) is 61.4 Å². The molecule has 2 atom stereocenters. The average molecular weight is 241 g/mol. The monoisotopic (exact) mass is 241 g/mol. The zero-order valence-corrected chi connectivity index (χ0v) is 11.0. The summed E-state index contributed by atoms with van der Waals surface area (Å²) in [6, 6.07) is 0. The SMILES string of the molecule is CNC(=O)C(C)CN(C)C(=O)[C@H]1CCCNC1. The van der Waals surface area contributed by atoms with Gasteiger partial charge in [-0.25, -0.2) is 0 Å². The zero-order chi connectivity index (χ0) is 12.8. The summed E-state index contributed by atoms with van der Waals surface area (Å²) in [5.41, 5.74) is 0. The van der Waals surface area contributed by atoms with E-state index in [1.54, 1.807) is 19.0 Å². The van der Waals surface area contributed by atoms with E-state index in [1.807, 2.05) is 6.92 Å². The zero-order valence-electron chi connectivity index (χ0n) is 11.0. The fourth-order valence-electron chi connectivity index (χ4n) is 2.20. The summed E-state index contributed by atoms with van der Waals surface area (Å²) in [7, 11) is 3.39. The van der Waals surface area contributed by atoms with Crippen molar-refractivity contribution in [2.45, 2.75) is 19.8 Å². The Morgan fingerprint density at radius 3 is 2.76 bits per heavy atom. The van der Waals surface area contributed by atoms with E-state index < -0.39 is 0 Å². The molecule has 1 heterocycles. The molecule has 5 nitrogen and oxygen atoms in total. The fourth-order valence-corrected chi connectivity index (χ4v) is 2.20. The number of carbonyl (C=O) groups is 2. The number of amides is 2. The molecule has 0 aromatic carbocycles. The van der Waals surface area contributed by atoms with Crippen molar-refractivity contribution in [1.29, 1.82) is 0 Å². The highest BCUT2D eigenvalue weighted by atomic mass is 16.2. The van der Waals surface area contributed by atoms with Crippen molar-refractivity contribution in [3.05, 3.63) is 0 Å². The Balaban J connectivity index is 2.43. The van der Waals surface area contributed by atoms with Gasteiger partial charge in [-0.1, -0.05) is 6.92 Å². The molecule has 0 saturated carbocycles. The predicted octanol–water partition coefficient (Wildman–Crippen LogP) is -0.173. The molecular formula is C12H23N3O2. The van der Waals surface area contributed by atoms with Gasteiger partial charge in [-0.15, -0.1) is 0 Å². The fraction of sp³-hybridized carbons (Fsp3) is 0.833. The van der Waals surface area contributed by atoms with Crippen LogP contribution in [0.3, 0.4) is 0 Å². The average Bonchev–Trinajstić information content (AvgIpc) is 2.37. The first-order chi connectivity index (χ1) is 8.06. The lowest BCUT2D eigenvalue weighted by Crippen LogP contribution is -2.44. The van der Waals surface area contributed by atoms with Crippen molar-refractivity contribution >= 4 is 11.8 Å². The second kappa shape index (κ2) is 6.59. The minimum Gasteiger partial charge on any atom is -0.359 e. The molecule has 1 fully saturated rings. The standard InChI is InChI=1S/C12H23N3O2/c1-9(11(16)13-2)8-15(3)12(17)10-5-4-6-14-7-10/h9-10,14H,4-8H2,1-3H3,(H,13,16)/t9?,10-/m0/s1. The third-order valence-corrected chi connectivity index (χ3v) is 3.26. The van der Waals surface area contributed by atoms with Crippen molar-refractivity contribution in [3.63, 3.8) is 0 Å². The van der Waals surface area contributed by atoms with Gasteiger partial charge in [0.05, 0.1) is 11.8 Å². The van der Waals surface area contributed by atoms with Gasteiger partial charge in [-0.3, -0.25) is 9.59 Å². The molecule has 1 rings (SSSR count). The van der Waals surface area contributed by atoms with Crippen LogP contribution in [0.15, 0.2) is 0 Å². The summed E-state index contributed by atoms with van der Waals surface area (Å²) >= 11 is 0. The Bertz CT molecular complexity index is 275. The van der Waals surface area contributed by atoms with Gasteiger partial charge >= 0.3 is 0 Å². The van der Waals surface area contributed by atoms with Crippen molar-refractivity contribution in [2.24, 2.45) is 11.8 Å². The molecule has 1 aliphatic heterocycles. The summed E-state index contributed by atoms with van der Waals surface area (Å²) in [5.74, 6) is 0.0375. The quantitative estimate of drug-likeness (QED) is 0.718. The number of piperidine rings is 1. The molecule has 5 heteroatoms. The molecule has 0 aliphatic carbocycles. The van der Waals surface area contributed by atoms with Gasteiger partial charge in [0.25, 0.3) is 0 Å². The second-order valence-electron chi connectivity index (χ2n) is 4.78. The lowest BCUT2D eigenvalue weighted by molar-refractivity contribution is -0.136. The number of nitrogens with zero attached hydrogens (tertiary/aromatic N) is 1. The van der Waals surface area contributed by atoms with E-state index in [0.717, 1.165) is 25.9 Å². The Labute approximate surface area is 103 Å². The Hall–Kier alpha value is -1.10. The molecule has 0 radical (unpaired) electrons.